The van der Waals surface area contributed by atoms with Gasteiger partial charge in [-0.1, -0.05) is 17.9 Å². The minimum absolute atomic E-state index is 0. The van der Waals surface area contributed by atoms with E-state index < -0.39 is 11.7 Å². The molecular weight excluding hydrogens is 498 g/mol. The second kappa shape index (κ2) is 13.7. The lowest BCUT2D eigenvalue weighted by molar-refractivity contribution is -0.137. The number of nitrogens with one attached hydrogen (secondary N) is 2. The van der Waals surface area contributed by atoms with E-state index >= 15 is 0 Å². The number of hydrogen-bond donors (Lipinski definition) is 2. The number of guanidine groups is 1. The molecule has 0 aromatic heterocycles. The minimum Gasteiger partial charge on any atom is -0.379 e. The van der Waals surface area contributed by atoms with Gasteiger partial charge in [-0.15, -0.1) is 24.0 Å². The Morgan fingerprint density at radius 2 is 2.17 bits per heavy atom. The second-order valence-corrected chi connectivity index (χ2v) is 6.30. The summed E-state index contributed by atoms with van der Waals surface area (Å²) in [5, 5.41) is 6.14. The van der Waals surface area contributed by atoms with Gasteiger partial charge < -0.3 is 20.1 Å². The summed E-state index contributed by atoms with van der Waals surface area (Å²) in [6, 6.07) is 4.96. The van der Waals surface area contributed by atoms with Gasteiger partial charge in [0.15, 0.2) is 5.96 Å². The Bertz CT molecular complexity index is 696. The average molecular weight is 525 g/mol. The molecule has 162 valence electrons. The van der Waals surface area contributed by atoms with Crippen LogP contribution in [0, 0.1) is 11.8 Å². The SMILES string of the molecule is CN=C(NCC#Cc1cccc(C(F)(F)F)c1)NCCCOCC1CCCO1.I. The van der Waals surface area contributed by atoms with Crippen LogP contribution in [0.15, 0.2) is 29.3 Å². The molecule has 5 nitrogen and oxygen atoms in total. The number of alkyl halides is 3. The summed E-state index contributed by atoms with van der Waals surface area (Å²) in [4.78, 5) is 4.08. The topological polar surface area (TPSA) is 54.9 Å². The fraction of sp³-hybridized carbons (Fsp3) is 0.550. The Hall–Kier alpha value is -1.51. The van der Waals surface area contributed by atoms with Gasteiger partial charge in [-0.3, -0.25) is 4.99 Å². The summed E-state index contributed by atoms with van der Waals surface area (Å²) in [5.74, 6) is 6.10. The van der Waals surface area contributed by atoms with Gasteiger partial charge in [0.25, 0.3) is 0 Å². The number of benzene rings is 1. The predicted molar refractivity (Wildman–Crippen MR) is 118 cm³/mol. The van der Waals surface area contributed by atoms with Crippen LogP contribution in [-0.4, -0.2) is 52.0 Å². The molecule has 0 amide bonds. The number of rotatable bonds is 7. The zero-order valence-corrected chi connectivity index (χ0v) is 18.7. The number of nitrogens with zero attached hydrogens (tertiary/aromatic N) is 1. The van der Waals surface area contributed by atoms with Crippen molar-refractivity contribution in [3.8, 4) is 11.8 Å². The second-order valence-electron chi connectivity index (χ2n) is 6.30. The molecule has 2 rings (SSSR count). The average Bonchev–Trinajstić information content (AvgIpc) is 3.19. The molecule has 1 aliphatic heterocycles. The monoisotopic (exact) mass is 525 g/mol. The van der Waals surface area contributed by atoms with E-state index in [2.05, 4.69) is 27.5 Å². The molecule has 0 aliphatic carbocycles. The Morgan fingerprint density at radius 1 is 1.34 bits per heavy atom. The van der Waals surface area contributed by atoms with Gasteiger partial charge in [-0.25, -0.2) is 0 Å². The highest BCUT2D eigenvalue weighted by molar-refractivity contribution is 14.0. The van der Waals surface area contributed by atoms with Gasteiger partial charge in [0.05, 0.1) is 24.8 Å². The molecule has 1 atom stereocenters. The molecule has 0 radical (unpaired) electrons. The standard InChI is InChI=1S/C20H26F3N3O2.HI/c1-24-19(26-11-5-12-27-15-18-9-4-13-28-18)25-10-3-7-16-6-2-8-17(14-16)20(21,22)23;/h2,6,8,14,18H,4-5,9-13,15H2,1H3,(H2,24,25,26);1H. The predicted octanol–water partition coefficient (Wildman–Crippen LogP) is 3.43. The van der Waals surface area contributed by atoms with Gasteiger partial charge >= 0.3 is 6.18 Å². The Labute approximate surface area is 186 Å². The van der Waals surface area contributed by atoms with Crippen molar-refractivity contribution < 1.29 is 22.6 Å². The minimum atomic E-state index is -4.37. The van der Waals surface area contributed by atoms with Crippen LogP contribution in [0.5, 0.6) is 0 Å². The van der Waals surface area contributed by atoms with Crippen molar-refractivity contribution >= 4 is 29.9 Å². The van der Waals surface area contributed by atoms with Gasteiger partial charge in [0, 0.05) is 32.4 Å². The maximum absolute atomic E-state index is 12.7. The van der Waals surface area contributed by atoms with Crippen LogP contribution in [-0.2, 0) is 15.7 Å². The molecule has 1 saturated heterocycles. The molecule has 0 saturated carbocycles. The van der Waals surface area contributed by atoms with E-state index in [1.54, 1.807) is 13.1 Å². The van der Waals surface area contributed by atoms with E-state index in [1.165, 1.54) is 6.07 Å². The van der Waals surface area contributed by atoms with E-state index in [-0.39, 0.29) is 36.6 Å². The lowest BCUT2D eigenvalue weighted by Crippen LogP contribution is -2.38. The van der Waals surface area contributed by atoms with Crippen LogP contribution in [0.4, 0.5) is 13.2 Å². The molecule has 1 heterocycles. The molecule has 2 N–H and O–H groups in total. The fourth-order valence-electron chi connectivity index (χ4n) is 2.64. The summed E-state index contributed by atoms with van der Waals surface area (Å²) in [6.07, 6.45) is -1.14. The Balaban J connectivity index is 0.00000420. The zero-order valence-electron chi connectivity index (χ0n) is 16.3. The lowest BCUT2D eigenvalue weighted by atomic mass is 10.1. The molecular formula is C20H27F3IN3O2. The van der Waals surface area contributed by atoms with E-state index in [0.29, 0.717) is 31.3 Å². The number of aliphatic imine (C=N–C) groups is 1. The van der Waals surface area contributed by atoms with E-state index in [0.717, 1.165) is 38.0 Å². The van der Waals surface area contributed by atoms with Gasteiger partial charge in [-0.2, -0.15) is 13.2 Å². The Morgan fingerprint density at radius 3 is 2.86 bits per heavy atom. The molecule has 0 spiro atoms. The largest absolute Gasteiger partial charge is 0.416 e. The third kappa shape index (κ3) is 10.2. The van der Waals surface area contributed by atoms with Crippen molar-refractivity contribution in [1.82, 2.24) is 10.6 Å². The highest BCUT2D eigenvalue weighted by Crippen LogP contribution is 2.29. The van der Waals surface area contributed by atoms with Crippen molar-refractivity contribution in [1.29, 1.82) is 0 Å². The zero-order chi connectivity index (χ0) is 20.2. The van der Waals surface area contributed by atoms with Crippen molar-refractivity contribution in [2.45, 2.75) is 31.5 Å². The molecule has 29 heavy (non-hydrogen) atoms. The smallest absolute Gasteiger partial charge is 0.379 e. The van der Waals surface area contributed by atoms with Crippen molar-refractivity contribution in [2.24, 2.45) is 4.99 Å². The van der Waals surface area contributed by atoms with Gasteiger partial charge in [0.1, 0.15) is 0 Å². The maximum atomic E-state index is 12.7. The van der Waals surface area contributed by atoms with Crippen LogP contribution in [0.25, 0.3) is 0 Å². The van der Waals surface area contributed by atoms with Gasteiger partial charge in [0.2, 0.25) is 0 Å². The van der Waals surface area contributed by atoms with Gasteiger partial charge in [-0.05, 0) is 37.5 Å². The first-order valence-corrected chi connectivity index (χ1v) is 9.29. The van der Waals surface area contributed by atoms with Crippen molar-refractivity contribution in [3.63, 3.8) is 0 Å². The molecule has 1 unspecified atom stereocenters. The normalized spacial score (nSPS) is 16.6. The highest BCUT2D eigenvalue weighted by atomic mass is 127. The number of halogens is 4. The quantitative estimate of drug-likeness (QED) is 0.189. The Kier molecular flexibility index (Phi) is 12.0. The van der Waals surface area contributed by atoms with Crippen LogP contribution < -0.4 is 10.6 Å². The summed E-state index contributed by atoms with van der Waals surface area (Å²) < 4.78 is 49.1. The summed E-state index contributed by atoms with van der Waals surface area (Å²) in [7, 11) is 1.64. The number of ether oxygens (including phenoxy) is 2. The highest BCUT2D eigenvalue weighted by Gasteiger charge is 2.30. The molecule has 1 fully saturated rings. The first-order chi connectivity index (χ1) is 13.5. The molecule has 0 bridgehead atoms. The van der Waals surface area contributed by atoms with E-state index in [1.807, 2.05) is 0 Å². The molecule has 1 aromatic carbocycles. The first kappa shape index (κ1) is 25.5. The summed E-state index contributed by atoms with van der Waals surface area (Å²) in [5.41, 5.74) is -0.380. The van der Waals surface area contributed by atoms with Crippen LogP contribution in [0.3, 0.4) is 0 Å². The summed E-state index contributed by atoms with van der Waals surface area (Å²) >= 11 is 0. The van der Waals surface area contributed by atoms with Crippen LogP contribution in [0.2, 0.25) is 0 Å². The summed E-state index contributed by atoms with van der Waals surface area (Å²) in [6.45, 7) is 3.06. The fourth-order valence-corrected chi connectivity index (χ4v) is 2.64. The number of hydrogen-bond acceptors (Lipinski definition) is 3. The van der Waals surface area contributed by atoms with E-state index in [9.17, 15) is 13.2 Å². The van der Waals surface area contributed by atoms with Crippen LogP contribution >= 0.6 is 24.0 Å². The molecule has 1 aliphatic rings. The van der Waals surface area contributed by atoms with Crippen molar-refractivity contribution in [3.05, 3.63) is 35.4 Å². The van der Waals surface area contributed by atoms with E-state index in [4.69, 9.17) is 9.47 Å². The third-order valence-corrected chi connectivity index (χ3v) is 4.08. The third-order valence-electron chi connectivity index (χ3n) is 4.08. The first-order valence-electron chi connectivity index (χ1n) is 9.29. The van der Waals surface area contributed by atoms with Crippen molar-refractivity contribution in [2.75, 3.05) is 40.0 Å². The lowest BCUT2D eigenvalue weighted by Gasteiger charge is -2.11. The molecule has 9 heteroatoms. The molecule has 1 aromatic rings. The van der Waals surface area contributed by atoms with Crippen LogP contribution in [0.1, 0.15) is 30.4 Å². The maximum Gasteiger partial charge on any atom is 0.416 e.